The molecule has 134 valence electrons. The number of rotatable bonds is 5. The van der Waals surface area contributed by atoms with E-state index in [2.05, 4.69) is 27.2 Å². The molecule has 0 aliphatic carbocycles. The van der Waals surface area contributed by atoms with E-state index in [1.165, 1.54) is 6.07 Å². The summed E-state index contributed by atoms with van der Waals surface area (Å²) in [7, 11) is 1.86. The molecule has 4 aromatic rings. The Kier molecular flexibility index (Phi) is 4.75. The molecule has 0 saturated heterocycles. The van der Waals surface area contributed by atoms with Crippen molar-refractivity contribution < 1.29 is 4.39 Å². The summed E-state index contributed by atoms with van der Waals surface area (Å²) in [5.41, 5.74) is 5.03. The number of halogens is 1. The summed E-state index contributed by atoms with van der Waals surface area (Å²) in [6, 6.07) is 13.0. The third kappa shape index (κ3) is 3.77. The molecule has 0 N–H and O–H groups in total. The van der Waals surface area contributed by atoms with Gasteiger partial charge in [-0.15, -0.1) is 0 Å². The van der Waals surface area contributed by atoms with Crippen molar-refractivity contribution in [2.75, 3.05) is 0 Å². The van der Waals surface area contributed by atoms with Crippen LogP contribution < -0.4 is 0 Å². The average molecular weight is 358 g/mol. The van der Waals surface area contributed by atoms with Crippen molar-refractivity contribution in [2.24, 2.45) is 7.05 Å². The van der Waals surface area contributed by atoms with Gasteiger partial charge in [0.15, 0.2) is 0 Å². The highest BCUT2D eigenvalue weighted by Gasteiger charge is 2.18. The van der Waals surface area contributed by atoms with Crippen LogP contribution in [0.5, 0.6) is 0 Å². The van der Waals surface area contributed by atoms with Gasteiger partial charge in [-0.25, -0.2) is 4.39 Å². The molecule has 4 nitrogen and oxygen atoms in total. The van der Waals surface area contributed by atoms with Crippen LogP contribution in [-0.2, 0) is 13.5 Å². The molecule has 0 unspecified atom stereocenters. The lowest BCUT2D eigenvalue weighted by Crippen LogP contribution is -2.07. The maximum atomic E-state index is 14.0. The molecular weight excluding hydrogens is 339 g/mol. The van der Waals surface area contributed by atoms with E-state index in [4.69, 9.17) is 0 Å². The first kappa shape index (κ1) is 17.1. The highest BCUT2D eigenvalue weighted by Crippen LogP contribution is 2.32. The van der Waals surface area contributed by atoms with E-state index < -0.39 is 0 Å². The number of hydrogen-bond acceptors (Lipinski definition) is 3. The largest absolute Gasteiger partial charge is 0.275 e. The van der Waals surface area contributed by atoms with Crippen LogP contribution in [0.25, 0.3) is 11.1 Å². The van der Waals surface area contributed by atoms with Gasteiger partial charge in [0.2, 0.25) is 0 Å². The van der Waals surface area contributed by atoms with Gasteiger partial charge < -0.3 is 0 Å². The monoisotopic (exact) mass is 358 g/mol. The molecule has 1 aromatic carbocycles. The Morgan fingerprint density at radius 3 is 2.22 bits per heavy atom. The number of pyridine rings is 2. The minimum atomic E-state index is -0.253. The highest BCUT2D eigenvalue weighted by molar-refractivity contribution is 5.66. The first-order chi connectivity index (χ1) is 13.2. The summed E-state index contributed by atoms with van der Waals surface area (Å²) in [5.74, 6) is -0.176. The Bertz CT molecular complexity index is 989. The summed E-state index contributed by atoms with van der Waals surface area (Å²) in [6.07, 6.45) is 11.7. The van der Waals surface area contributed by atoms with E-state index in [0.717, 1.165) is 27.8 Å². The molecule has 0 atom stereocenters. The van der Waals surface area contributed by atoms with Crippen molar-refractivity contribution in [1.29, 1.82) is 0 Å². The number of aryl methyl sites for hydroxylation is 1. The van der Waals surface area contributed by atoms with Crippen LogP contribution in [-0.4, -0.2) is 19.7 Å². The van der Waals surface area contributed by atoms with Gasteiger partial charge in [-0.1, -0.05) is 18.2 Å². The van der Waals surface area contributed by atoms with Gasteiger partial charge >= 0.3 is 0 Å². The smallest absolute Gasteiger partial charge is 0.123 e. The minimum absolute atomic E-state index is 0.0771. The SMILES string of the molecule is Cn1cc(-c2cc(F)ccc2CC(c2cccnc2)c2cccnc2)cn1. The van der Waals surface area contributed by atoms with Crippen molar-refractivity contribution in [2.45, 2.75) is 12.3 Å². The van der Waals surface area contributed by atoms with Crippen molar-refractivity contribution in [3.05, 3.63) is 102 Å². The summed E-state index contributed by atoms with van der Waals surface area (Å²) >= 11 is 0. The molecule has 0 aliphatic heterocycles. The van der Waals surface area contributed by atoms with E-state index in [-0.39, 0.29) is 11.7 Å². The van der Waals surface area contributed by atoms with Crippen LogP contribution >= 0.6 is 0 Å². The van der Waals surface area contributed by atoms with Gasteiger partial charge in [0.25, 0.3) is 0 Å². The first-order valence-corrected chi connectivity index (χ1v) is 8.78. The van der Waals surface area contributed by atoms with Crippen molar-refractivity contribution in [1.82, 2.24) is 19.7 Å². The molecule has 0 bridgehead atoms. The molecular formula is C22H19FN4. The first-order valence-electron chi connectivity index (χ1n) is 8.78. The number of hydrogen-bond donors (Lipinski definition) is 0. The second-order valence-corrected chi connectivity index (χ2v) is 6.53. The third-order valence-corrected chi connectivity index (χ3v) is 4.69. The minimum Gasteiger partial charge on any atom is -0.275 e. The number of nitrogens with zero attached hydrogens (tertiary/aromatic N) is 4. The van der Waals surface area contributed by atoms with E-state index in [1.54, 1.807) is 29.3 Å². The molecule has 0 radical (unpaired) electrons. The predicted molar refractivity (Wildman–Crippen MR) is 103 cm³/mol. The Morgan fingerprint density at radius 1 is 0.963 bits per heavy atom. The molecule has 0 amide bonds. The quantitative estimate of drug-likeness (QED) is 0.531. The van der Waals surface area contributed by atoms with Gasteiger partial charge in [-0.2, -0.15) is 5.10 Å². The van der Waals surface area contributed by atoms with E-state index >= 15 is 0 Å². The van der Waals surface area contributed by atoms with Gasteiger partial charge in [0.05, 0.1) is 6.20 Å². The summed E-state index contributed by atoms with van der Waals surface area (Å²) < 4.78 is 15.7. The van der Waals surface area contributed by atoms with E-state index in [9.17, 15) is 4.39 Å². The highest BCUT2D eigenvalue weighted by atomic mass is 19.1. The van der Waals surface area contributed by atoms with Gasteiger partial charge in [0.1, 0.15) is 5.82 Å². The molecule has 27 heavy (non-hydrogen) atoms. The van der Waals surface area contributed by atoms with Gasteiger partial charge in [-0.3, -0.25) is 14.6 Å². The van der Waals surface area contributed by atoms with Crippen LogP contribution in [0.2, 0.25) is 0 Å². The summed E-state index contributed by atoms with van der Waals surface area (Å²) in [6.45, 7) is 0. The third-order valence-electron chi connectivity index (χ3n) is 4.69. The zero-order chi connectivity index (χ0) is 18.6. The molecule has 4 rings (SSSR count). The normalized spacial score (nSPS) is 11.1. The molecule has 0 fully saturated rings. The summed E-state index contributed by atoms with van der Waals surface area (Å²) in [5, 5.41) is 4.23. The topological polar surface area (TPSA) is 43.6 Å². The lowest BCUT2D eigenvalue weighted by molar-refractivity contribution is 0.627. The van der Waals surface area contributed by atoms with Gasteiger partial charge in [0, 0.05) is 49.5 Å². The Balaban J connectivity index is 1.78. The fourth-order valence-corrected chi connectivity index (χ4v) is 3.37. The average Bonchev–Trinajstić information content (AvgIpc) is 3.14. The van der Waals surface area contributed by atoms with Crippen LogP contribution in [0.3, 0.4) is 0 Å². The Labute approximate surface area is 157 Å². The Hall–Kier alpha value is -3.34. The number of benzene rings is 1. The van der Waals surface area contributed by atoms with Crippen LogP contribution in [0, 0.1) is 5.82 Å². The zero-order valence-corrected chi connectivity index (χ0v) is 15.0. The molecule has 5 heteroatoms. The van der Waals surface area contributed by atoms with Crippen LogP contribution in [0.4, 0.5) is 4.39 Å². The molecule has 3 heterocycles. The summed E-state index contributed by atoms with van der Waals surface area (Å²) in [4.78, 5) is 8.55. The van der Waals surface area contributed by atoms with Gasteiger partial charge in [-0.05, 0) is 52.9 Å². The fraction of sp³-hybridized carbons (Fsp3) is 0.136. The maximum Gasteiger partial charge on any atom is 0.123 e. The van der Waals surface area contributed by atoms with Crippen LogP contribution in [0.15, 0.2) is 79.6 Å². The molecule has 3 aromatic heterocycles. The lowest BCUT2D eigenvalue weighted by Gasteiger charge is -2.19. The molecule has 0 aliphatic rings. The second-order valence-electron chi connectivity index (χ2n) is 6.53. The van der Waals surface area contributed by atoms with Crippen molar-refractivity contribution in [3.8, 4) is 11.1 Å². The Morgan fingerprint density at radius 2 is 1.67 bits per heavy atom. The zero-order valence-electron chi connectivity index (χ0n) is 15.0. The second kappa shape index (κ2) is 7.50. The maximum absolute atomic E-state index is 14.0. The fourth-order valence-electron chi connectivity index (χ4n) is 3.37. The lowest BCUT2D eigenvalue weighted by atomic mass is 9.85. The van der Waals surface area contributed by atoms with Crippen molar-refractivity contribution in [3.63, 3.8) is 0 Å². The van der Waals surface area contributed by atoms with Crippen molar-refractivity contribution >= 4 is 0 Å². The van der Waals surface area contributed by atoms with Crippen LogP contribution in [0.1, 0.15) is 22.6 Å². The van der Waals surface area contributed by atoms with E-state index in [1.807, 2.05) is 43.8 Å². The predicted octanol–water partition coefficient (Wildman–Crippen LogP) is 4.39. The standard InChI is InChI=1S/C22H19FN4/c1-27-15-19(14-26-27)22-11-20(23)7-6-16(22)10-21(17-4-2-8-24-12-17)18-5-3-9-25-13-18/h2-9,11-15,21H,10H2,1H3. The molecule has 0 spiro atoms. The number of aromatic nitrogens is 4. The van der Waals surface area contributed by atoms with E-state index in [0.29, 0.717) is 6.42 Å². The molecule has 0 saturated carbocycles.